The first-order valence-corrected chi connectivity index (χ1v) is 7.66. The zero-order chi connectivity index (χ0) is 16.6. The molecule has 2 amide bonds. The van der Waals surface area contributed by atoms with E-state index in [1.165, 1.54) is 29.9 Å². The summed E-state index contributed by atoms with van der Waals surface area (Å²) in [5, 5.41) is 0.881. The number of carbonyl (C=O) groups excluding carboxylic acids is 2. The number of rotatable bonds is 2. The lowest BCUT2D eigenvalue weighted by atomic mass is 10.1. The zero-order valence-electron chi connectivity index (χ0n) is 12.8. The van der Waals surface area contributed by atoms with E-state index < -0.39 is 5.91 Å². The smallest absolute Gasteiger partial charge is 0.280 e. The highest BCUT2D eigenvalue weighted by molar-refractivity contribution is 7.20. The maximum absolute atomic E-state index is 12.3. The van der Waals surface area contributed by atoms with Crippen molar-refractivity contribution in [2.24, 2.45) is 0 Å². The van der Waals surface area contributed by atoms with Crippen molar-refractivity contribution >= 4 is 33.4 Å². The molecule has 0 atom stereocenters. The van der Waals surface area contributed by atoms with Crippen molar-refractivity contribution in [2.75, 3.05) is 0 Å². The molecule has 0 unspecified atom stereocenters. The van der Waals surface area contributed by atoms with Gasteiger partial charge in [-0.1, -0.05) is 0 Å². The normalized spacial score (nSPS) is 10.7. The summed E-state index contributed by atoms with van der Waals surface area (Å²) in [5.74, 6) is -0.173. The highest BCUT2D eigenvalue weighted by Gasteiger charge is 2.19. The summed E-state index contributed by atoms with van der Waals surface area (Å²) < 4.78 is 4.82. The highest BCUT2D eigenvalue weighted by Crippen LogP contribution is 2.30. The van der Waals surface area contributed by atoms with Crippen LogP contribution in [0.2, 0.25) is 0 Å². The number of nitrogens with zero attached hydrogens (tertiary/aromatic N) is 2. The molecule has 7 nitrogen and oxygen atoms in total. The van der Waals surface area contributed by atoms with Crippen LogP contribution in [0.3, 0.4) is 0 Å². The largest absolute Gasteiger partial charge is 0.472 e. The molecule has 3 aromatic rings. The topological polar surface area (TPSA) is 97.1 Å². The van der Waals surface area contributed by atoms with E-state index in [2.05, 4.69) is 20.8 Å². The van der Waals surface area contributed by atoms with Crippen molar-refractivity contribution in [3.05, 3.63) is 46.1 Å². The van der Waals surface area contributed by atoms with Crippen LogP contribution in [-0.2, 0) is 0 Å². The molecule has 0 fully saturated rings. The number of hydrazine groups is 1. The number of carbonyl (C=O) groups is 2. The standard InChI is InChI=1S/C15H14N4O3S/c1-7-11-8(2)16-9(3)17-15(11)23-12(7)14(21)19-18-13(20)10-4-5-22-6-10/h4-6H,1-3H3,(H,18,20)(H,19,21). The number of hydrogen-bond acceptors (Lipinski definition) is 6. The molecule has 0 aliphatic carbocycles. The third kappa shape index (κ3) is 2.80. The van der Waals surface area contributed by atoms with Crippen LogP contribution in [0.4, 0.5) is 0 Å². The van der Waals surface area contributed by atoms with Gasteiger partial charge in [0, 0.05) is 11.1 Å². The van der Waals surface area contributed by atoms with Crippen LogP contribution in [0.1, 0.15) is 37.1 Å². The van der Waals surface area contributed by atoms with Gasteiger partial charge in [0.25, 0.3) is 11.8 Å². The maximum Gasteiger partial charge on any atom is 0.280 e. The van der Waals surface area contributed by atoms with E-state index in [-0.39, 0.29) is 5.91 Å². The Morgan fingerprint density at radius 2 is 1.87 bits per heavy atom. The van der Waals surface area contributed by atoms with Gasteiger partial charge in [-0.05, 0) is 32.4 Å². The molecule has 0 aliphatic heterocycles. The van der Waals surface area contributed by atoms with Gasteiger partial charge >= 0.3 is 0 Å². The minimum absolute atomic E-state index is 0.329. The van der Waals surface area contributed by atoms with Crippen LogP contribution in [0, 0.1) is 20.8 Å². The van der Waals surface area contributed by atoms with E-state index in [4.69, 9.17) is 4.42 Å². The maximum atomic E-state index is 12.3. The van der Waals surface area contributed by atoms with Crippen LogP contribution in [0.25, 0.3) is 10.2 Å². The molecular formula is C15H14N4O3S. The first-order chi connectivity index (χ1) is 11.0. The van der Waals surface area contributed by atoms with Gasteiger partial charge in [-0.2, -0.15) is 0 Å². The van der Waals surface area contributed by atoms with Crippen molar-refractivity contribution in [3.63, 3.8) is 0 Å². The second-order valence-corrected chi connectivity index (χ2v) is 6.01. The van der Waals surface area contributed by atoms with Crippen LogP contribution < -0.4 is 10.9 Å². The third-order valence-corrected chi connectivity index (χ3v) is 4.55. The summed E-state index contributed by atoms with van der Waals surface area (Å²) in [4.78, 5) is 34.1. The Hall–Kier alpha value is -2.74. The first kappa shape index (κ1) is 15.2. The fourth-order valence-corrected chi connectivity index (χ4v) is 3.50. The molecule has 0 aliphatic rings. The van der Waals surface area contributed by atoms with E-state index in [0.717, 1.165) is 21.5 Å². The van der Waals surface area contributed by atoms with E-state index in [0.29, 0.717) is 16.3 Å². The van der Waals surface area contributed by atoms with Crippen molar-refractivity contribution < 1.29 is 14.0 Å². The Balaban J connectivity index is 1.83. The predicted octanol–water partition coefficient (Wildman–Crippen LogP) is 2.28. The van der Waals surface area contributed by atoms with Crippen LogP contribution in [0.15, 0.2) is 23.0 Å². The van der Waals surface area contributed by atoms with Crippen LogP contribution >= 0.6 is 11.3 Å². The second-order valence-electron chi connectivity index (χ2n) is 5.01. The summed E-state index contributed by atoms with van der Waals surface area (Å²) in [6, 6.07) is 1.51. The van der Waals surface area contributed by atoms with Gasteiger partial charge in [0.1, 0.15) is 16.9 Å². The molecule has 0 saturated carbocycles. The lowest BCUT2D eigenvalue weighted by molar-refractivity contribution is 0.0848. The molecule has 0 radical (unpaired) electrons. The summed E-state index contributed by atoms with van der Waals surface area (Å²) in [6.07, 6.45) is 2.69. The van der Waals surface area contributed by atoms with Gasteiger partial charge in [-0.25, -0.2) is 9.97 Å². The van der Waals surface area contributed by atoms with E-state index in [1.807, 2.05) is 20.8 Å². The molecule has 118 valence electrons. The van der Waals surface area contributed by atoms with Crippen molar-refractivity contribution in [1.29, 1.82) is 0 Å². The minimum Gasteiger partial charge on any atom is -0.472 e. The molecule has 0 aromatic carbocycles. The zero-order valence-corrected chi connectivity index (χ0v) is 13.6. The predicted molar refractivity (Wildman–Crippen MR) is 85.3 cm³/mol. The average Bonchev–Trinajstić information content (AvgIpc) is 3.12. The molecule has 23 heavy (non-hydrogen) atoms. The number of fused-ring (bicyclic) bond motifs is 1. The number of thiophene rings is 1. The van der Waals surface area contributed by atoms with E-state index in [1.54, 1.807) is 0 Å². The van der Waals surface area contributed by atoms with Gasteiger partial charge in [-0.3, -0.25) is 20.4 Å². The molecule has 2 N–H and O–H groups in total. The summed E-state index contributed by atoms with van der Waals surface area (Å²) in [7, 11) is 0. The molecular weight excluding hydrogens is 316 g/mol. The number of amides is 2. The van der Waals surface area contributed by atoms with E-state index in [9.17, 15) is 9.59 Å². The van der Waals surface area contributed by atoms with Gasteiger partial charge in [0.2, 0.25) is 0 Å². The monoisotopic (exact) mass is 330 g/mol. The van der Waals surface area contributed by atoms with Gasteiger partial charge in [0.05, 0.1) is 16.7 Å². The Bertz CT molecular complexity index is 899. The minimum atomic E-state index is -0.447. The SMILES string of the molecule is Cc1nc(C)c2c(C)c(C(=O)NNC(=O)c3ccoc3)sc2n1. The number of aryl methyl sites for hydroxylation is 3. The van der Waals surface area contributed by atoms with Crippen molar-refractivity contribution in [1.82, 2.24) is 20.8 Å². The molecule has 3 rings (SSSR count). The highest BCUT2D eigenvalue weighted by atomic mass is 32.1. The van der Waals surface area contributed by atoms with Gasteiger partial charge in [0.15, 0.2) is 0 Å². The lowest BCUT2D eigenvalue weighted by Gasteiger charge is -2.05. The molecule has 0 saturated heterocycles. The molecule has 0 spiro atoms. The fraction of sp³-hybridized carbons (Fsp3) is 0.200. The number of hydrogen-bond donors (Lipinski definition) is 2. The number of aromatic nitrogens is 2. The van der Waals surface area contributed by atoms with Crippen LogP contribution in [0.5, 0.6) is 0 Å². The Kier molecular flexibility index (Phi) is 3.83. The first-order valence-electron chi connectivity index (χ1n) is 6.84. The van der Waals surface area contributed by atoms with Crippen LogP contribution in [-0.4, -0.2) is 21.8 Å². The Morgan fingerprint density at radius 1 is 1.13 bits per heavy atom. The second kappa shape index (κ2) is 5.81. The molecule has 3 heterocycles. The number of nitrogens with one attached hydrogen (secondary N) is 2. The quantitative estimate of drug-likeness (QED) is 0.703. The van der Waals surface area contributed by atoms with Gasteiger partial charge in [-0.15, -0.1) is 11.3 Å². The van der Waals surface area contributed by atoms with Crippen molar-refractivity contribution in [2.45, 2.75) is 20.8 Å². The molecule has 0 bridgehead atoms. The van der Waals surface area contributed by atoms with Crippen molar-refractivity contribution in [3.8, 4) is 0 Å². The Morgan fingerprint density at radius 3 is 2.57 bits per heavy atom. The summed E-state index contributed by atoms with van der Waals surface area (Å²) in [6.45, 7) is 5.54. The summed E-state index contributed by atoms with van der Waals surface area (Å²) >= 11 is 1.28. The van der Waals surface area contributed by atoms with E-state index >= 15 is 0 Å². The lowest BCUT2D eigenvalue weighted by Crippen LogP contribution is -2.41. The number of furan rings is 1. The molecule has 8 heteroatoms. The van der Waals surface area contributed by atoms with Gasteiger partial charge < -0.3 is 4.42 Å². The third-order valence-electron chi connectivity index (χ3n) is 3.36. The fourth-order valence-electron chi connectivity index (χ4n) is 2.33. The average molecular weight is 330 g/mol. The Labute approximate surface area is 135 Å². The summed E-state index contributed by atoms with van der Waals surface area (Å²) in [5.41, 5.74) is 6.73. The molecule has 3 aromatic heterocycles.